The second kappa shape index (κ2) is 8.44. The zero-order chi connectivity index (χ0) is 15.8. The fourth-order valence-electron chi connectivity index (χ4n) is 2.22. The molecule has 0 aliphatic heterocycles. The maximum absolute atomic E-state index is 5.90. The van der Waals surface area contributed by atoms with E-state index >= 15 is 0 Å². The third-order valence-corrected chi connectivity index (χ3v) is 6.69. The van der Waals surface area contributed by atoms with Gasteiger partial charge in [-0.1, -0.05) is 48.5 Å². The van der Waals surface area contributed by atoms with E-state index in [1.165, 1.54) is 0 Å². The minimum absolute atomic E-state index is 0.175. The average molecular weight is 335 g/mol. The molecule has 0 saturated heterocycles. The molecule has 3 nitrogen and oxygen atoms in total. The van der Waals surface area contributed by atoms with E-state index in [0.29, 0.717) is 13.2 Å². The van der Waals surface area contributed by atoms with Crippen LogP contribution in [0.4, 0.5) is 5.69 Å². The van der Waals surface area contributed by atoms with Crippen molar-refractivity contribution in [3.8, 4) is 0 Å². The molecule has 1 atom stereocenters. The van der Waals surface area contributed by atoms with Gasteiger partial charge in [-0.25, -0.2) is 0 Å². The molecule has 2 rings (SSSR count). The van der Waals surface area contributed by atoms with E-state index in [1.54, 1.807) is 0 Å². The Bertz CT molecular complexity index is 597. The van der Waals surface area contributed by atoms with Gasteiger partial charge in [-0.3, -0.25) is 0 Å². The maximum atomic E-state index is 5.90. The molecule has 0 aliphatic carbocycles. The highest BCUT2D eigenvalue weighted by Crippen LogP contribution is 2.61. The molecule has 0 bridgehead atoms. The number of hydrogen-bond donors (Lipinski definition) is 1. The van der Waals surface area contributed by atoms with Gasteiger partial charge in [0.05, 0.1) is 13.2 Å². The number of hydrogen-bond acceptors (Lipinski definition) is 4. The van der Waals surface area contributed by atoms with Crippen molar-refractivity contribution >= 4 is 24.0 Å². The summed E-state index contributed by atoms with van der Waals surface area (Å²) in [6.45, 7) is 2.48. The van der Waals surface area contributed by atoms with Crippen LogP contribution in [0, 0.1) is 0 Å². The van der Waals surface area contributed by atoms with E-state index in [-0.39, 0.29) is 5.78 Å². The first kappa shape index (κ1) is 17.2. The highest BCUT2D eigenvalue weighted by atomic mass is 32.5. The molecule has 0 heterocycles. The van der Waals surface area contributed by atoms with Gasteiger partial charge in [0.15, 0.2) is 0 Å². The number of nitrogens with one attached hydrogen (secondary N) is 1. The lowest BCUT2D eigenvalue weighted by Gasteiger charge is -2.31. The molecular formula is C17H22NO2PS. The molecule has 0 radical (unpaired) electrons. The molecule has 0 fully saturated rings. The largest absolute Gasteiger partial charge is 0.370 e. The Kier molecular flexibility index (Phi) is 6.59. The zero-order valence-corrected chi connectivity index (χ0v) is 14.6. The van der Waals surface area contributed by atoms with Crippen molar-refractivity contribution < 1.29 is 9.05 Å². The van der Waals surface area contributed by atoms with Gasteiger partial charge in [0.1, 0.15) is 5.78 Å². The molecular weight excluding hydrogens is 313 g/mol. The van der Waals surface area contributed by atoms with E-state index in [2.05, 4.69) is 17.4 Å². The van der Waals surface area contributed by atoms with E-state index in [4.69, 9.17) is 20.9 Å². The smallest absolute Gasteiger partial charge is 0.215 e. The monoisotopic (exact) mass is 335 g/mol. The Labute approximate surface area is 137 Å². The summed E-state index contributed by atoms with van der Waals surface area (Å²) in [6, 6.07) is 20.1. The van der Waals surface area contributed by atoms with Gasteiger partial charge in [0.2, 0.25) is 6.49 Å². The summed E-state index contributed by atoms with van der Waals surface area (Å²) in [7, 11) is 0. The zero-order valence-electron chi connectivity index (χ0n) is 12.9. The molecule has 0 saturated carbocycles. The van der Waals surface area contributed by atoms with Crippen molar-refractivity contribution in [3.63, 3.8) is 0 Å². The van der Waals surface area contributed by atoms with Crippen LogP contribution in [-0.4, -0.2) is 13.2 Å². The van der Waals surface area contributed by atoms with Crippen molar-refractivity contribution in [2.45, 2.75) is 19.6 Å². The fourth-order valence-corrected chi connectivity index (χ4v) is 5.31. The molecule has 0 unspecified atom stereocenters. The van der Waals surface area contributed by atoms with Crippen LogP contribution in [0.3, 0.4) is 0 Å². The molecule has 22 heavy (non-hydrogen) atoms. The maximum Gasteiger partial charge on any atom is 0.215 e. The van der Waals surface area contributed by atoms with Crippen LogP contribution in [0.2, 0.25) is 0 Å². The first-order valence-corrected chi connectivity index (χ1v) is 10.2. The van der Waals surface area contributed by atoms with E-state index in [9.17, 15) is 0 Å². The van der Waals surface area contributed by atoms with Crippen LogP contribution in [0.25, 0.3) is 0 Å². The molecule has 2 aromatic carbocycles. The topological polar surface area (TPSA) is 30.5 Å². The number of anilines is 1. The third kappa shape index (κ3) is 4.40. The van der Waals surface area contributed by atoms with Crippen molar-refractivity contribution in [1.29, 1.82) is 0 Å². The Hall–Kier alpha value is -1.19. The summed E-state index contributed by atoms with van der Waals surface area (Å²) in [4.78, 5) is 0. The van der Waals surface area contributed by atoms with Gasteiger partial charge in [0.25, 0.3) is 0 Å². The lowest BCUT2D eigenvalue weighted by Crippen LogP contribution is -2.15. The minimum Gasteiger partial charge on any atom is -0.370 e. The first-order valence-electron chi connectivity index (χ1n) is 7.45. The Morgan fingerprint density at radius 2 is 1.41 bits per heavy atom. The van der Waals surface area contributed by atoms with E-state index < -0.39 is 6.49 Å². The number of benzene rings is 2. The Morgan fingerprint density at radius 3 is 1.91 bits per heavy atom. The van der Waals surface area contributed by atoms with Gasteiger partial charge in [-0.2, -0.15) is 0 Å². The second-order valence-electron chi connectivity index (χ2n) is 4.70. The fraction of sp³-hybridized carbons (Fsp3) is 0.294. The van der Waals surface area contributed by atoms with Crippen molar-refractivity contribution in [2.75, 3.05) is 18.5 Å². The van der Waals surface area contributed by atoms with Gasteiger partial charge in [0, 0.05) is 5.69 Å². The van der Waals surface area contributed by atoms with Crippen molar-refractivity contribution in [1.82, 2.24) is 0 Å². The van der Waals surface area contributed by atoms with E-state index in [0.717, 1.165) is 11.3 Å². The Morgan fingerprint density at radius 1 is 0.909 bits per heavy atom. The Balaban J connectivity index is 2.38. The van der Waals surface area contributed by atoms with Crippen LogP contribution in [0.15, 0.2) is 60.7 Å². The molecule has 1 N–H and O–H groups in total. The van der Waals surface area contributed by atoms with Crippen LogP contribution < -0.4 is 5.32 Å². The molecule has 0 aromatic heterocycles. The molecule has 2 aromatic rings. The summed E-state index contributed by atoms with van der Waals surface area (Å²) in [5, 5.41) is 3.50. The van der Waals surface area contributed by atoms with Crippen molar-refractivity contribution in [2.24, 2.45) is 0 Å². The SMILES string of the molecule is CCOP(=S)(OCC)[C@@H](Nc1ccccc1)c1ccccc1. The normalized spacial score (nSPS) is 12.8. The standard InChI is InChI=1S/C17H22NO2PS/c1-3-19-21(22,20-4-2)17(15-11-7-5-8-12-15)18-16-13-9-6-10-14-16/h5-14,17-18H,3-4H2,1-2H3/t17-/m1/s1. The molecule has 0 spiro atoms. The van der Waals surface area contributed by atoms with Crippen molar-refractivity contribution in [3.05, 3.63) is 66.2 Å². The van der Waals surface area contributed by atoms with Gasteiger partial charge in [-0.15, -0.1) is 0 Å². The van der Waals surface area contributed by atoms with Gasteiger partial charge < -0.3 is 14.4 Å². The predicted molar refractivity (Wildman–Crippen MR) is 96.8 cm³/mol. The quantitative estimate of drug-likeness (QED) is 0.673. The summed E-state index contributed by atoms with van der Waals surface area (Å²) in [5.74, 6) is -0.175. The highest BCUT2D eigenvalue weighted by Gasteiger charge is 2.32. The van der Waals surface area contributed by atoms with Gasteiger partial charge >= 0.3 is 0 Å². The second-order valence-corrected chi connectivity index (χ2v) is 8.34. The van der Waals surface area contributed by atoms with E-state index in [1.807, 2.05) is 62.4 Å². The van der Waals surface area contributed by atoms with Crippen LogP contribution >= 0.6 is 6.49 Å². The minimum atomic E-state index is -2.49. The number of para-hydroxylation sites is 1. The van der Waals surface area contributed by atoms with Gasteiger partial charge in [-0.05, 0) is 43.4 Å². The summed E-state index contributed by atoms with van der Waals surface area (Å²) in [6.07, 6.45) is 0. The molecule has 118 valence electrons. The van der Waals surface area contributed by atoms with Crippen LogP contribution in [-0.2, 0) is 20.9 Å². The number of rotatable bonds is 8. The lowest BCUT2D eigenvalue weighted by atomic mass is 10.2. The molecule has 5 heteroatoms. The molecule has 0 aliphatic rings. The lowest BCUT2D eigenvalue weighted by molar-refractivity contribution is 0.261. The van der Waals surface area contributed by atoms with Crippen LogP contribution in [0.5, 0.6) is 0 Å². The van der Waals surface area contributed by atoms with Crippen LogP contribution in [0.1, 0.15) is 25.2 Å². The average Bonchev–Trinajstić information content (AvgIpc) is 2.55. The molecule has 0 amide bonds. The first-order chi connectivity index (χ1) is 10.7. The summed E-state index contributed by atoms with van der Waals surface area (Å²) < 4.78 is 11.8. The predicted octanol–water partition coefficient (Wildman–Crippen LogP) is 5.18. The summed E-state index contributed by atoms with van der Waals surface area (Å²) >= 11 is 5.81. The highest BCUT2D eigenvalue weighted by molar-refractivity contribution is 8.10. The third-order valence-electron chi connectivity index (χ3n) is 3.13. The summed E-state index contributed by atoms with van der Waals surface area (Å²) in [5.41, 5.74) is 2.08.